The van der Waals surface area contributed by atoms with Gasteiger partial charge in [-0.25, -0.2) is 0 Å². The molecule has 0 aliphatic carbocycles. The lowest BCUT2D eigenvalue weighted by atomic mass is 10.3. The van der Waals surface area contributed by atoms with Crippen LogP contribution in [0, 0.1) is 3.70 Å². The van der Waals surface area contributed by atoms with Gasteiger partial charge in [-0.2, -0.15) is 5.10 Å². The summed E-state index contributed by atoms with van der Waals surface area (Å²) in [6, 6.07) is 5.67. The minimum Gasteiger partial charge on any atom is -0.277 e. The lowest BCUT2D eigenvalue weighted by molar-refractivity contribution is 1.09. The number of hydrogen-bond acceptors (Lipinski definition) is 1. The molecule has 0 saturated carbocycles. The first-order valence-electron chi connectivity index (χ1n) is 3.06. The molecule has 0 atom stereocenters. The maximum absolute atomic E-state index is 5.80. The van der Waals surface area contributed by atoms with Gasteiger partial charge in [0, 0.05) is 10.4 Å². The van der Waals surface area contributed by atoms with Crippen molar-refractivity contribution in [1.82, 2.24) is 10.2 Å². The highest BCUT2D eigenvalue weighted by Gasteiger charge is 2.01. The van der Waals surface area contributed by atoms with Gasteiger partial charge in [0.25, 0.3) is 0 Å². The molecule has 0 aliphatic rings. The Hall–Kier alpha value is -0.290. The van der Waals surface area contributed by atoms with Crippen LogP contribution in [0.4, 0.5) is 0 Å². The van der Waals surface area contributed by atoms with Crippen molar-refractivity contribution in [2.45, 2.75) is 0 Å². The van der Waals surface area contributed by atoms with Crippen molar-refractivity contribution in [3.05, 3.63) is 26.9 Å². The zero-order chi connectivity index (χ0) is 7.84. The number of aromatic amines is 1. The monoisotopic (exact) mass is 278 g/mol. The van der Waals surface area contributed by atoms with Gasteiger partial charge in [0.1, 0.15) is 3.70 Å². The molecule has 2 aromatic rings. The maximum atomic E-state index is 5.80. The van der Waals surface area contributed by atoms with Crippen LogP contribution in [0.3, 0.4) is 0 Å². The van der Waals surface area contributed by atoms with Gasteiger partial charge < -0.3 is 0 Å². The van der Waals surface area contributed by atoms with Crippen LogP contribution in [0.15, 0.2) is 18.2 Å². The number of fused-ring (bicyclic) bond motifs is 1. The first kappa shape index (κ1) is 7.36. The molecule has 11 heavy (non-hydrogen) atoms. The molecule has 0 saturated heterocycles. The summed E-state index contributed by atoms with van der Waals surface area (Å²) in [5, 5.41) is 8.77. The van der Waals surface area contributed by atoms with E-state index in [-0.39, 0.29) is 0 Å². The van der Waals surface area contributed by atoms with Crippen molar-refractivity contribution in [2.24, 2.45) is 0 Å². The Labute approximate surface area is 82.1 Å². The highest BCUT2D eigenvalue weighted by Crippen LogP contribution is 2.21. The predicted molar refractivity (Wildman–Crippen MR) is 53.8 cm³/mol. The molecule has 0 unspecified atom stereocenters. The Morgan fingerprint density at radius 2 is 2.27 bits per heavy atom. The van der Waals surface area contributed by atoms with E-state index in [0.29, 0.717) is 0 Å². The van der Waals surface area contributed by atoms with E-state index in [0.717, 1.165) is 19.6 Å². The lowest BCUT2D eigenvalue weighted by Crippen LogP contribution is -1.68. The van der Waals surface area contributed by atoms with E-state index in [1.165, 1.54) is 0 Å². The molecule has 1 aromatic carbocycles. The third kappa shape index (κ3) is 1.22. The van der Waals surface area contributed by atoms with Gasteiger partial charge in [0.2, 0.25) is 0 Å². The van der Waals surface area contributed by atoms with E-state index in [1.54, 1.807) is 0 Å². The van der Waals surface area contributed by atoms with Crippen LogP contribution >= 0.6 is 34.2 Å². The fraction of sp³-hybridized carbons (Fsp3) is 0. The number of benzene rings is 1. The fourth-order valence-corrected chi connectivity index (χ4v) is 1.69. The molecule has 2 rings (SSSR count). The summed E-state index contributed by atoms with van der Waals surface area (Å²) in [7, 11) is 0. The van der Waals surface area contributed by atoms with Gasteiger partial charge in [0.05, 0.1) is 5.52 Å². The summed E-state index contributed by atoms with van der Waals surface area (Å²) in [6.45, 7) is 0. The molecule has 1 aromatic heterocycles. The summed E-state index contributed by atoms with van der Waals surface area (Å²) >= 11 is 7.97. The second-order valence-corrected chi connectivity index (χ2v) is 3.66. The molecule has 2 nitrogen and oxygen atoms in total. The Morgan fingerprint density at radius 3 is 3.09 bits per heavy atom. The molecule has 56 valence electrons. The quantitative estimate of drug-likeness (QED) is 0.738. The molecule has 0 fully saturated rings. The molecular formula is C7H4ClIN2. The molecule has 1 N–H and O–H groups in total. The fourth-order valence-electron chi connectivity index (χ4n) is 0.954. The number of H-pyrrole nitrogens is 1. The minimum atomic E-state index is 0.747. The maximum Gasteiger partial charge on any atom is 0.130 e. The van der Waals surface area contributed by atoms with Crippen molar-refractivity contribution in [3.63, 3.8) is 0 Å². The summed E-state index contributed by atoms with van der Waals surface area (Å²) in [5.41, 5.74) is 1.03. The van der Waals surface area contributed by atoms with Gasteiger partial charge in [-0.15, -0.1) is 0 Å². The first-order chi connectivity index (χ1) is 5.27. The van der Waals surface area contributed by atoms with Crippen LogP contribution in [0.1, 0.15) is 0 Å². The van der Waals surface area contributed by atoms with E-state index in [2.05, 4.69) is 32.8 Å². The van der Waals surface area contributed by atoms with Crippen LogP contribution in [0.5, 0.6) is 0 Å². The number of hydrogen-bond donors (Lipinski definition) is 1. The highest BCUT2D eigenvalue weighted by atomic mass is 127. The molecule has 0 spiro atoms. The Kier molecular flexibility index (Phi) is 1.77. The Balaban J connectivity index is 2.87. The summed E-state index contributed by atoms with van der Waals surface area (Å²) in [4.78, 5) is 0. The second-order valence-electron chi connectivity index (χ2n) is 2.20. The van der Waals surface area contributed by atoms with Crippen molar-refractivity contribution in [2.75, 3.05) is 0 Å². The number of nitrogens with one attached hydrogen (secondary N) is 1. The number of nitrogens with zero attached hydrogens (tertiary/aromatic N) is 1. The number of rotatable bonds is 0. The Morgan fingerprint density at radius 1 is 1.45 bits per heavy atom. The van der Waals surface area contributed by atoms with Gasteiger partial charge >= 0.3 is 0 Å². The summed E-state index contributed by atoms with van der Waals surface area (Å²) in [6.07, 6.45) is 0. The van der Waals surface area contributed by atoms with Crippen LogP contribution in [0.25, 0.3) is 10.9 Å². The van der Waals surface area contributed by atoms with Gasteiger partial charge in [0.15, 0.2) is 0 Å². The molecule has 0 aliphatic heterocycles. The highest BCUT2D eigenvalue weighted by molar-refractivity contribution is 14.1. The summed E-state index contributed by atoms with van der Waals surface area (Å²) in [5.74, 6) is 0. The van der Waals surface area contributed by atoms with Crippen molar-refractivity contribution >= 4 is 45.1 Å². The third-order valence-electron chi connectivity index (χ3n) is 1.48. The predicted octanol–water partition coefficient (Wildman–Crippen LogP) is 2.82. The summed E-state index contributed by atoms with van der Waals surface area (Å²) < 4.78 is 0.958. The van der Waals surface area contributed by atoms with Crippen LogP contribution in [-0.4, -0.2) is 10.2 Å². The van der Waals surface area contributed by atoms with Gasteiger partial charge in [-0.1, -0.05) is 11.6 Å². The van der Waals surface area contributed by atoms with Crippen molar-refractivity contribution in [1.29, 1.82) is 0 Å². The first-order valence-corrected chi connectivity index (χ1v) is 4.52. The smallest absolute Gasteiger partial charge is 0.130 e. The van der Waals surface area contributed by atoms with Crippen molar-refractivity contribution < 1.29 is 0 Å². The standard InChI is InChI=1S/C7H4ClIN2/c8-4-1-2-6-5(3-4)7(9)11-10-6/h1-3H,(H,10,11). The molecular weight excluding hydrogens is 274 g/mol. The molecule has 0 radical (unpaired) electrons. The molecule has 0 bridgehead atoms. The molecule has 1 heterocycles. The van der Waals surface area contributed by atoms with E-state index < -0.39 is 0 Å². The molecule has 0 amide bonds. The second kappa shape index (κ2) is 2.64. The average Bonchev–Trinajstić information content (AvgIpc) is 2.33. The van der Waals surface area contributed by atoms with Crippen molar-refractivity contribution in [3.8, 4) is 0 Å². The van der Waals surface area contributed by atoms with E-state index in [1.807, 2.05) is 18.2 Å². The van der Waals surface area contributed by atoms with Crippen LogP contribution in [0.2, 0.25) is 5.02 Å². The van der Waals surface area contributed by atoms with E-state index in [9.17, 15) is 0 Å². The lowest BCUT2D eigenvalue weighted by Gasteiger charge is -1.88. The normalized spacial score (nSPS) is 10.7. The number of halogens is 2. The van der Waals surface area contributed by atoms with Gasteiger partial charge in [-0.05, 0) is 40.8 Å². The number of aromatic nitrogens is 2. The average molecular weight is 278 g/mol. The van der Waals surface area contributed by atoms with Gasteiger partial charge in [-0.3, -0.25) is 5.10 Å². The molecule has 4 heteroatoms. The van der Waals surface area contributed by atoms with Crippen LogP contribution in [-0.2, 0) is 0 Å². The SMILES string of the molecule is Clc1ccc2[nH]nc(I)c2c1. The third-order valence-corrected chi connectivity index (χ3v) is 2.54. The zero-order valence-electron chi connectivity index (χ0n) is 5.44. The Bertz CT molecular complexity index is 396. The minimum absolute atomic E-state index is 0.747. The van der Waals surface area contributed by atoms with E-state index >= 15 is 0 Å². The topological polar surface area (TPSA) is 28.7 Å². The van der Waals surface area contributed by atoms with Crippen LogP contribution < -0.4 is 0 Å². The zero-order valence-corrected chi connectivity index (χ0v) is 8.35. The van der Waals surface area contributed by atoms with E-state index in [4.69, 9.17) is 11.6 Å². The largest absolute Gasteiger partial charge is 0.277 e.